The Hall–Kier alpha value is -2.49. The molecule has 1 aromatic carbocycles. The Kier molecular flexibility index (Phi) is 2.61. The van der Waals surface area contributed by atoms with E-state index in [0.29, 0.717) is 11.6 Å². The SMILES string of the molecule is Cc1cccc(-c2nc(-c3ccccc3)n[nH]2)n1. The molecule has 0 atom stereocenters. The van der Waals surface area contributed by atoms with Crippen LogP contribution in [0.1, 0.15) is 5.69 Å². The maximum Gasteiger partial charge on any atom is 0.181 e. The molecule has 2 heterocycles. The molecule has 0 spiro atoms. The molecular formula is C14H12N4. The van der Waals surface area contributed by atoms with E-state index < -0.39 is 0 Å². The van der Waals surface area contributed by atoms with Crippen LogP contribution in [0.5, 0.6) is 0 Å². The van der Waals surface area contributed by atoms with Crippen molar-refractivity contribution in [1.29, 1.82) is 0 Å². The molecule has 0 radical (unpaired) electrons. The molecule has 1 N–H and O–H groups in total. The van der Waals surface area contributed by atoms with E-state index in [-0.39, 0.29) is 0 Å². The average Bonchev–Trinajstić information content (AvgIpc) is 2.89. The number of hydrogen-bond donors (Lipinski definition) is 1. The summed E-state index contributed by atoms with van der Waals surface area (Å²) < 4.78 is 0. The predicted molar refractivity (Wildman–Crippen MR) is 69.8 cm³/mol. The maximum atomic E-state index is 4.46. The molecule has 0 saturated heterocycles. The average molecular weight is 236 g/mol. The van der Waals surface area contributed by atoms with Gasteiger partial charge in [-0.15, -0.1) is 0 Å². The van der Waals surface area contributed by atoms with Crippen LogP contribution in [-0.4, -0.2) is 20.2 Å². The van der Waals surface area contributed by atoms with Crippen LogP contribution < -0.4 is 0 Å². The van der Waals surface area contributed by atoms with Crippen LogP contribution in [0.25, 0.3) is 22.9 Å². The van der Waals surface area contributed by atoms with Gasteiger partial charge >= 0.3 is 0 Å². The molecule has 18 heavy (non-hydrogen) atoms. The van der Waals surface area contributed by atoms with Gasteiger partial charge in [0.25, 0.3) is 0 Å². The van der Waals surface area contributed by atoms with Gasteiger partial charge in [0.05, 0.1) is 0 Å². The monoisotopic (exact) mass is 236 g/mol. The van der Waals surface area contributed by atoms with E-state index in [2.05, 4.69) is 20.2 Å². The van der Waals surface area contributed by atoms with Gasteiger partial charge in [-0.05, 0) is 19.1 Å². The lowest BCUT2D eigenvalue weighted by Crippen LogP contribution is -1.87. The fourth-order valence-electron chi connectivity index (χ4n) is 1.77. The fourth-order valence-corrected chi connectivity index (χ4v) is 1.77. The summed E-state index contributed by atoms with van der Waals surface area (Å²) in [5.74, 6) is 1.38. The molecule has 0 saturated carbocycles. The Labute approximate surface area is 105 Å². The summed E-state index contributed by atoms with van der Waals surface area (Å²) >= 11 is 0. The van der Waals surface area contributed by atoms with Crippen LogP contribution in [-0.2, 0) is 0 Å². The number of benzene rings is 1. The molecule has 0 aliphatic heterocycles. The lowest BCUT2D eigenvalue weighted by atomic mass is 10.2. The Morgan fingerprint density at radius 1 is 0.889 bits per heavy atom. The van der Waals surface area contributed by atoms with E-state index in [1.807, 2.05) is 55.5 Å². The normalized spacial score (nSPS) is 10.5. The molecule has 0 unspecified atom stereocenters. The van der Waals surface area contributed by atoms with Crippen molar-refractivity contribution in [3.63, 3.8) is 0 Å². The molecule has 3 aromatic rings. The maximum absolute atomic E-state index is 4.46. The highest BCUT2D eigenvalue weighted by molar-refractivity contribution is 5.58. The first-order chi connectivity index (χ1) is 8.83. The zero-order valence-electron chi connectivity index (χ0n) is 9.96. The first-order valence-corrected chi connectivity index (χ1v) is 5.75. The summed E-state index contributed by atoms with van der Waals surface area (Å²) in [4.78, 5) is 8.88. The fraction of sp³-hybridized carbons (Fsp3) is 0.0714. The van der Waals surface area contributed by atoms with Crippen molar-refractivity contribution in [2.24, 2.45) is 0 Å². The summed E-state index contributed by atoms with van der Waals surface area (Å²) in [6, 6.07) is 15.7. The van der Waals surface area contributed by atoms with Crippen LogP contribution in [0, 0.1) is 6.92 Å². The van der Waals surface area contributed by atoms with Gasteiger partial charge in [0.15, 0.2) is 11.6 Å². The van der Waals surface area contributed by atoms with Crippen molar-refractivity contribution in [2.45, 2.75) is 6.92 Å². The van der Waals surface area contributed by atoms with E-state index in [4.69, 9.17) is 0 Å². The number of rotatable bonds is 2. The largest absolute Gasteiger partial charge is 0.257 e. The molecule has 4 nitrogen and oxygen atoms in total. The first kappa shape index (κ1) is 10.7. The molecule has 88 valence electrons. The summed E-state index contributed by atoms with van der Waals surface area (Å²) in [5, 5.41) is 7.14. The summed E-state index contributed by atoms with van der Waals surface area (Å²) in [5.41, 5.74) is 2.77. The Bertz CT molecular complexity index is 658. The number of nitrogens with one attached hydrogen (secondary N) is 1. The number of aromatic nitrogens is 4. The van der Waals surface area contributed by atoms with Crippen LogP contribution in [0.15, 0.2) is 48.5 Å². The number of pyridine rings is 1. The lowest BCUT2D eigenvalue weighted by molar-refractivity contribution is 1.08. The third kappa shape index (κ3) is 2.00. The van der Waals surface area contributed by atoms with E-state index in [1.165, 1.54) is 0 Å². The Morgan fingerprint density at radius 2 is 1.72 bits per heavy atom. The van der Waals surface area contributed by atoms with Crippen LogP contribution in [0.2, 0.25) is 0 Å². The van der Waals surface area contributed by atoms with Gasteiger partial charge in [-0.2, -0.15) is 5.10 Å². The molecule has 4 heteroatoms. The molecule has 0 fully saturated rings. The van der Waals surface area contributed by atoms with Gasteiger partial charge in [-0.1, -0.05) is 36.4 Å². The molecular weight excluding hydrogens is 224 g/mol. The third-order valence-electron chi connectivity index (χ3n) is 2.65. The number of hydrogen-bond acceptors (Lipinski definition) is 3. The van der Waals surface area contributed by atoms with E-state index in [0.717, 1.165) is 17.0 Å². The second kappa shape index (κ2) is 4.41. The van der Waals surface area contributed by atoms with Crippen molar-refractivity contribution in [1.82, 2.24) is 20.2 Å². The Morgan fingerprint density at radius 3 is 2.50 bits per heavy atom. The Balaban J connectivity index is 2.00. The van der Waals surface area contributed by atoms with Gasteiger partial charge in [-0.25, -0.2) is 9.97 Å². The third-order valence-corrected chi connectivity index (χ3v) is 2.65. The number of nitrogens with zero attached hydrogens (tertiary/aromatic N) is 3. The standard InChI is InChI=1S/C14H12N4/c1-10-6-5-9-12(15-10)14-16-13(17-18-14)11-7-3-2-4-8-11/h2-9H,1H3,(H,16,17,18). The minimum atomic E-state index is 0.689. The minimum Gasteiger partial charge on any atom is -0.257 e. The van der Waals surface area contributed by atoms with Gasteiger partial charge in [0, 0.05) is 11.3 Å². The first-order valence-electron chi connectivity index (χ1n) is 5.75. The van der Waals surface area contributed by atoms with Crippen molar-refractivity contribution in [3.8, 4) is 22.9 Å². The minimum absolute atomic E-state index is 0.689. The van der Waals surface area contributed by atoms with Crippen LogP contribution in [0.4, 0.5) is 0 Å². The quantitative estimate of drug-likeness (QED) is 0.744. The zero-order chi connectivity index (χ0) is 12.4. The zero-order valence-corrected chi connectivity index (χ0v) is 9.96. The second-order valence-corrected chi connectivity index (χ2v) is 4.04. The molecule has 0 aliphatic carbocycles. The summed E-state index contributed by atoms with van der Waals surface area (Å²) in [6.45, 7) is 1.96. The van der Waals surface area contributed by atoms with E-state index in [1.54, 1.807) is 0 Å². The summed E-state index contributed by atoms with van der Waals surface area (Å²) in [7, 11) is 0. The van der Waals surface area contributed by atoms with E-state index >= 15 is 0 Å². The van der Waals surface area contributed by atoms with Crippen LogP contribution in [0.3, 0.4) is 0 Å². The molecule has 2 aromatic heterocycles. The van der Waals surface area contributed by atoms with Gasteiger partial charge in [0.2, 0.25) is 0 Å². The lowest BCUT2D eigenvalue weighted by Gasteiger charge is -1.96. The highest BCUT2D eigenvalue weighted by atomic mass is 15.2. The second-order valence-electron chi connectivity index (χ2n) is 4.04. The molecule has 3 rings (SSSR count). The smallest absolute Gasteiger partial charge is 0.181 e. The number of aryl methyl sites for hydroxylation is 1. The van der Waals surface area contributed by atoms with Crippen molar-refractivity contribution < 1.29 is 0 Å². The van der Waals surface area contributed by atoms with Crippen LogP contribution >= 0.6 is 0 Å². The molecule has 0 aliphatic rings. The summed E-state index contributed by atoms with van der Waals surface area (Å²) in [6.07, 6.45) is 0. The highest BCUT2D eigenvalue weighted by Gasteiger charge is 2.08. The number of H-pyrrole nitrogens is 1. The van der Waals surface area contributed by atoms with Gasteiger partial charge < -0.3 is 0 Å². The highest BCUT2D eigenvalue weighted by Crippen LogP contribution is 2.18. The van der Waals surface area contributed by atoms with Crippen molar-refractivity contribution in [3.05, 3.63) is 54.2 Å². The topological polar surface area (TPSA) is 54.5 Å². The number of aromatic amines is 1. The van der Waals surface area contributed by atoms with Gasteiger partial charge in [0.1, 0.15) is 5.69 Å². The molecule has 0 bridgehead atoms. The van der Waals surface area contributed by atoms with E-state index in [9.17, 15) is 0 Å². The van der Waals surface area contributed by atoms with Crippen molar-refractivity contribution in [2.75, 3.05) is 0 Å². The molecule has 0 amide bonds. The van der Waals surface area contributed by atoms with Gasteiger partial charge in [-0.3, -0.25) is 5.10 Å². The van der Waals surface area contributed by atoms with Crippen molar-refractivity contribution >= 4 is 0 Å². The predicted octanol–water partition coefficient (Wildman–Crippen LogP) is 2.84.